The number of alkyl halides is 6. The fourth-order valence-electron chi connectivity index (χ4n) is 2.05. The predicted octanol–water partition coefficient (Wildman–Crippen LogP) is 1.61. The smallest absolute Gasteiger partial charge is 0.420 e. The molecule has 0 unspecified atom stereocenters. The van der Waals surface area contributed by atoms with E-state index in [4.69, 9.17) is 11.5 Å². The van der Waals surface area contributed by atoms with Gasteiger partial charge in [0.05, 0.1) is 0 Å². The summed E-state index contributed by atoms with van der Waals surface area (Å²) in [4.78, 5) is 30.3. The molecule has 0 aliphatic heterocycles. The van der Waals surface area contributed by atoms with Crippen molar-refractivity contribution in [1.29, 1.82) is 0 Å². The van der Waals surface area contributed by atoms with Crippen LogP contribution in [0.2, 0.25) is 0 Å². The highest BCUT2D eigenvalue weighted by atomic mass is 19.4. The Morgan fingerprint density at radius 2 is 1.03 bits per heavy atom. The Morgan fingerprint density at radius 3 is 1.27 bits per heavy atom. The van der Waals surface area contributed by atoms with Crippen molar-refractivity contribution in [2.75, 3.05) is 0 Å². The van der Waals surface area contributed by atoms with E-state index in [1.165, 1.54) is 12.1 Å². The molecule has 0 fully saturated rings. The van der Waals surface area contributed by atoms with E-state index in [-0.39, 0.29) is 0 Å². The summed E-state index contributed by atoms with van der Waals surface area (Å²) in [6.45, 7) is 0. The number of nitrogens with zero attached hydrogens (tertiary/aromatic N) is 2. The van der Waals surface area contributed by atoms with Crippen molar-refractivity contribution in [2.45, 2.75) is 23.8 Å². The molecule has 162 valence electrons. The van der Waals surface area contributed by atoms with Gasteiger partial charge in [-0.1, -0.05) is 12.1 Å². The maximum atomic E-state index is 13.4. The summed E-state index contributed by atoms with van der Waals surface area (Å²) in [5.74, 6) is -4.98. The Morgan fingerprint density at radius 1 is 0.700 bits per heavy atom. The highest BCUT2D eigenvalue weighted by Gasteiger charge is 2.61. The average Bonchev–Trinajstić information content (AvgIpc) is 2.67. The van der Waals surface area contributed by atoms with Gasteiger partial charge in [0.1, 0.15) is 11.4 Å². The van der Waals surface area contributed by atoms with Crippen LogP contribution in [0.5, 0.6) is 0 Å². The van der Waals surface area contributed by atoms with Crippen molar-refractivity contribution >= 4 is 11.9 Å². The van der Waals surface area contributed by atoms with Gasteiger partial charge in [-0.15, -0.1) is 0 Å². The monoisotopic (exact) mass is 438 g/mol. The average molecular weight is 438 g/mol. The molecule has 30 heavy (non-hydrogen) atoms. The maximum Gasteiger partial charge on any atom is 0.449 e. The quantitative estimate of drug-likeness (QED) is 0.319. The van der Waals surface area contributed by atoms with Crippen LogP contribution in [0.1, 0.15) is 11.4 Å². The lowest BCUT2D eigenvalue weighted by Gasteiger charge is -2.32. The third-order valence-electron chi connectivity index (χ3n) is 3.61. The molecule has 8 nitrogen and oxygen atoms in total. The van der Waals surface area contributed by atoms with Crippen LogP contribution in [0, 0.1) is 0 Å². The summed E-state index contributed by atoms with van der Waals surface area (Å²) in [6.07, 6.45) is -9.24. The number of hydrogen-bond acceptors (Lipinski definition) is 8. The lowest BCUT2D eigenvalue weighted by Crippen LogP contribution is -2.57. The number of ether oxygens (including phenoxy) is 2. The van der Waals surface area contributed by atoms with Gasteiger partial charge in [-0.05, 0) is 24.3 Å². The summed E-state index contributed by atoms with van der Waals surface area (Å²) < 4.78 is 88.3. The lowest BCUT2D eigenvalue weighted by atomic mass is 10.1. The van der Waals surface area contributed by atoms with Crippen molar-refractivity contribution in [1.82, 2.24) is 9.97 Å². The summed E-state index contributed by atoms with van der Waals surface area (Å²) >= 11 is 0. The van der Waals surface area contributed by atoms with Crippen LogP contribution in [-0.4, -0.2) is 34.3 Å². The van der Waals surface area contributed by atoms with Crippen molar-refractivity contribution in [3.63, 3.8) is 0 Å². The van der Waals surface area contributed by atoms with E-state index >= 15 is 0 Å². The number of halogens is 6. The SMILES string of the molecule is N[C@](OC(=O)C(=O)O[C@@](N)(c1ccccn1)C(F)(F)F)(c1ccccn1)C(F)(F)F. The van der Waals surface area contributed by atoms with Crippen LogP contribution in [-0.2, 0) is 30.5 Å². The van der Waals surface area contributed by atoms with Gasteiger partial charge in [-0.25, -0.2) is 9.59 Å². The second-order valence-electron chi connectivity index (χ2n) is 5.68. The van der Waals surface area contributed by atoms with Crippen LogP contribution in [0.3, 0.4) is 0 Å². The number of esters is 2. The fourth-order valence-corrected chi connectivity index (χ4v) is 2.05. The number of nitrogens with two attached hydrogens (primary N) is 2. The highest BCUT2D eigenvalue weighted by molar-refractivity contribution is 6.29. The molecule has 0 bridgehead atoms. The minimum Gasteiger partial charge on any atom is -0.420 e. The first kappa shape index (κ1) is 23.0. The summed E-state index contributed by atoms with van der Waals surface area (Å²) in [5, 5.41) is 0. The predicted molar refractivity (Wildman–Crippen MR) is 84.5 cm³/mol. The molecule has 4 N–H and O–H groups in total. The molecule has 2 heterocycles. The first-order chi connectivity index (χ1) is 13.7. The van der Waals surface area contributed by atoms with E-state index in [1.807, 2.05) is 0 Å². The molecule has 2 aromatic rings. The number of carbonyl (C=O) groups excluding carboxylic acids is 2. The second kappa shape index (κ2) is 7.87. The van der Waals surface area contributed by atoms with E-state index in [9.17, 15) is 35.9 Å². The Labute approximate surface area is 163 Å². The van der Waals surface area contributed by atoms with E-state index in [0.717, 1.165) is 36.7 Å². The van der Waals surface area contributed by atoms with E-state index < -0.39 is 47.1 Å². The molecular formula is C16H12F6N4O4. The molecule has 2 rings (SSSR count). The molecule has 0 aliphatic carbocycles. The first-order valence-electron chi connectivity index (χ1n) is 7.73. The summed E-state index contributed by atoms with van der Waals surface area (Å²) in [6, 6.07) is 6.02. The normalized spacial score (nSPS) is 16.1. The molecule has 0 saturated carbocycles. The molecule has 0 radical (unpaired) electrons. The standard InChI is InChI=1S/C16H12F6N4O4/c17-15(18,19)13(23,9-5-1-3-7-25-9)29-11(27)12(28)30-14(24,16(20,21)22)10-6-2-4-8-26-10/h1-8H,23-24H2/t13-,14-/m0/s1. The minimum absolute atomic E-state index is 0.725. The first-order valence-corrected chi connectivity index (χ1v) is 7.73. The van der Waals surface area contributed by atoms with Gasteiger partial charge >= 0.3 is 35.7 Å². The van der Waals surface area contributed by atoms with Gasteiger partial charge in [-0.2, -0.15) is 26.3 Å². The molecule has 0 spiro atoms. The summed E-state index contributed by atoms with van der Waals surface area (Å²) in [5.41, 5.74) is 0.190. The van der Waals surface area contributed by atoms with Crippen molar-refractivity contribution < 1.29 is 45.4 Å². The van der Waals surface area contributed by atoms with Gasteiger partial charge in [0, 0.05) is 12.4 Å². The molecule has 0 aromatic carbocycles. The van der Waals surface area contributed by atoms with E-state index in [2.05, 4.69) is 19.4 Å². The Balaban J connectivity index is 2.35. The maximum absolute atomic E-state index is 13.4. The number of aromatic nitrogens is 2. The summed E-state index contributed by atoms with van der Waals surface area (Å²) in [7, 11) is 0. The van der Waals surface area contributed by atoms with Crippen molar-refractivity contribution in [3.8, 4) is 0 Å². The molecule has 0 amide bonds. The van der Waals surface area contributed by atoms with Gasteiger partial charge in [-0.3, -0.25) is 21.4 Å². The number of pyridine rings is 2. The zero-order valence-electron chi connectivity index (χ0n) is 14.6. The van der Waals surface area contributed by atoms with Gasteiger partial charge < -0.3 is 9.47 Å². The van der Waals surface area contributed by atoms with Crippen molar-refractivity contribution in [3.05, 3.63) is 60.2 Å². The highest BCUT2D eigenvalue weighted by Crippen LogP contribution is 2.39. The molecular weight excluding hydrogens is 426 g/mol. The number of rotatable bonds is 4. The van der Waals surface area contributed by atoms with Crippen molar-refractivity contribution in [2.24, 2.45) is 11.5 Å². The molecule has 2 atom stereocenters. The molecule has 0 aliphatic rings. The van der Waals surface area contributed by atoms with E-state index in [0.29, 0.717) is 0 Å². The third kappa shape index (κ3) is 4.33. The molecule has 2 aromatic heterocycles. The number of carbonyl (C=O) groups is 2. The zero-order chi connectivity index (χ0) is 22.8. The molecule has 14 heteroatoms. The Hall–Kier alpha value is -3.26. The fraction of sp³-hybridized carbons (Fsp3) is 0.250. The van der Waals surface area contributed by atoms with Crippen LogP contribution in [0.4, 0.5) is 26.3 Å². The van der Waals surface area contributed by atoms with Gasteiger partial charge in [0.15, 0.2) is 0 Å². The van der Waals surface area contributed by atoms with E-state index in [1.54, 1.807) is 0 Å². The van der Waals surface area contributed by atoms with Gasteiger partial charge in [0.25, 0.3) is 0 Å². The van der Waals surface area contributed by atoms with Crippen LogP contribution in [0.25, 0.3) is 0 Å². The molecule has 0 saturated heterocycles. The topological polar surface area (TPSA) is 130 Å². The number of hydrogen-bond donors (Lipinski definition) is 2. The minimum atomic E-state index is -5.50. The van der Waals surface area contributed by atoms with Gasteiger partial charge in [0.2, 0.25) is 0 Å². The zero-order valence-corrected chi connectivity index (χ0v) is 14.6. The van der Waals surface area contributed by atoms with Crippen LogP contribution in [0.15, 0.2) is 48.8 Å². The third-order valence-corrected chi connectivity index (χ3v) is 3.61. The Kier molecular flexibility index (Phi) is 6.04. The van der Waals surface area contributed by atoms with Crippen LogP contribution < -0.4 is 11.5 Å². The second-order valence-corrected chi connectivity index (χ2v) is 5.68. The largest absolute Gasteiger partial charge is 0.449 e. The Bertz CT molecular complexity index is 834. The lowest BCUT2D eigenvalue weighted by molar-refractivity contribution is -0.287. The van der Waals surface area contributed by atoms with Crippen LogP contribution >= 0.6 is 0 Å².